The summed E-state index contributed by atoms with van der Waals surface area (Å²) in [5.41, 5.74) is -0.459. The molecular weight excluding hydrogens is 254 g/mol. The Morgan fingerprint density at radius 1 is 1.56 bits per heavy atom. The number of aromatic nitrogens is 2. The zero-order valence-corrected chi connectivity index (χ0v) is 10.6. The van der Waals surface area contributed by atoms with Crippen molar-refractivity contribution in [3.63, 3.8) is 0 Å². The van der Waals surface area contributed by atoms with E-state index in [4.69, 9.17) is 12.2 Å². The number of nitrogens with one attached hydrogen (secondary N) is 1. The number of aromatic amines is 1. The Hall–Kier alpha value is -1.62. The molecule has 1 aliphatic carbocycles. The molecule has 1 N–H and O–H groups in total. The second-order valence-electron chi connectivity index (χ2n) is 4.12. The number of hydrogen-bond acceptors (Lipinski definition) is 2. The van der Waals surface area contributed by atoms with Crippen LogP contribution in [0.3, 0.4) is 0 Å². The van der Waals surface area contributed by atoms with E-state index in [1.807, 2.05) is 19.1 Å². The second kappa shape index (κ2) is 4.57. The average Bonchev–Trinajstić information content (AvgIpc) is 2.48. The Morgan fingerprint density at radius 3 is 2.94 bits per heavy atom. The Labute approximate surface area is 108 Å². The number of fused-ring (bicyclic) bond motifs is 1. The number of H-pyrrole nitrogens is 1. The first-order valence-corrected chi connectivity index (χ1v) is 5.87. The molecule has 0 fully saturated rings. The van der Waals surface area contributed by atoms with E-state index in [0.29, 0.717) is 16.8 Å². The smallest absolute Gasteiger partial charge is 0.310 e. The maximum Gasteiger partial charge on any atom is 0.310 e. The summed E-state index contributed by atoms with van der Waals surface area (Å²) >= 11 is 4.93. The van der Waals surface area contributed by atoms with Crippen molar-refractivity contribution >= 4 is 24.4 Å². The molecule has 0 aliphatic heterocycles. The van der Waals surface area contributed by atoms with Crippen molar-refractivity contribution in [3.05, 3.63) is 45.8 Å². The van der Waals surface area contributed by atoms with Crippen LogP contribution in [0.25, 0.3) is 12.2 Å². The molecule has 1 aromatic rings. The summed E-state index contributed by atoms with van der Waals surface area (Å²) < 4.78 is 27.1. The molecule has 18 heavy (non-hydrogen) atoms. The molecule has 5 heteroatoms. The van der Waals surface area contributed by atoms with E-state index in [1.165, 1.54) is 0 Å². The largest absolute Gasteiger partial charge is 0.343 e. The highest BCUT2D eigenvalue weighted by Gasteiger charge is 2.31. The first kappa shape index (κ1) is 12.8. The van der Waals surface area contributed by atoms with Gasteiger partial charge in [-0.1, -0.05) is 43.9 Å². The van der Waals surface area contributed by atoms with E-state index in [1.54, 1.807) is 12.2 Å². The third-order valence-electron chi connectivity index (χ3n) is 2.64. The van der Waals surface area contributed by atoms with Crippen LogP contribution in [0, 0.1) is 10.6 Å². The summed E-state index contributed by atoms with van der Waals surface area (Å²) in [5, 5.41) is 1.13. The molecule has 0 aromatic carbocycles. The quantitative estimate of drug-likeness (QED) is 0.656. The fraction of sp³-hybridized carbons (Fsp3) is 0.231. The van der Waals surface area contributed by atoms with Gasteiger partial charge in [-0.15, -0.1) is 0 Å². The third-order valence-corrected chi connectivity index (χ3v) is 2.94. The lowest BCUT2D eigenvalue weighted by Crippen LogP contribution is -2.35. The minimum absolute atomic E-state index is 0.0580. The lowest BCUT2D eigenvalue weighted by Gasteiger charge is -2.10. The molecule has 0 bridgehead atoms. The van der Waals surface area contributed by atoms with Crippen molar-refractivity contribution in [2.75, 3.05) is 0 Å². The first-order valence-electron chi connectivity index (χ1n) is 5.46. The van der Waals surface area contributed by atoms with Crippen molar-refractivity contribution in [1.82, 2.24) is 9.97 Å². The lowest BCUT2D eigenvalue weighted by molar-refractivity contribution is 0.0463. The van der Waals surface area contributed by atoms with Gasteiger partial charge < -0.3 is 4.98 Å². The van der Waals surface area contributed by atoms with Gasteiger partial charge in [0.1, 0.15) is 10.3 Å². The van der Waals surface area contributed by atoms with Gasteiger partial charge in [0.15, 0.2) is 0 Å². The van der Waals surface area contributed by atoms with Crippen LogP contribution in [0.4, 0.5) is 8.78 Å². The topological polar surface area (TPSA) is 28.7 Å². The highest BCUT2D eigenvalue weighted by Crippen LogP contribution is 2.26. The summed E-state index contributed by atoms with van der Waals surface area (Å²) in [6.45, 7) is 5.10. The van der Waals surface area contributed by atoms with Gasteiger partial charge in [0.05, 0.1) is 10.7 Å². The molecule has 1 atom stereocenters. The minimum Gasteiger partial charge on any atom is -0.343 e. The molecule has 2 rings (SSSR count). The van der Waals surface area contributed by atoms with Gasteiger partial charge in [-0.05, 0) is 18.1 Å². The zero-order valence-electron chi connectivity index (χ0n) is 9.78. The Morgan fingerprint density at radius 2 is 2.28 bits per heavy atom. The monoisotopic (exact) mass is 266 g/mol. The molecule has 1 aliphatic rings. The predicted molar refractivity (Wildman–Crippen MR) is 70.0 cm³/mol. The van der Waals surface area contributed by atoms with E-state index in [0.717, 1.165) is 0 Å². The standard InChI is InChI=1S/C13H12F2N2S/c1-3-13(14,15)11-12(18)17-10-7-8(2)5-4-6-9(10)16-11/h3-8H,1H2,2H3,(H,17,18). The number of allylic oxidation sites excluding steroid dienone is 3. The molecule has 1 aromatic heterocycles. The van der Waals surface area contributed by atoms with Crippen LogP contribution in [-0.2, 0) is 5.92 Å². The Balaban J connectivity index is 2.78. The van der Waals surface area contributed by atoms with Crippen LogP contribution >= 0.6 is 12.2 Å². The highest BCUT2D eigenvalue weighted by atomic mass is 32.1. The van der Waals surface area contributed by atoms with Crippen LogP contribution in [-0.4, -0.2) is 9.97 Å². The molecule has 0 saturated carbocycles. The van der Waals surface area contributed by atoms with Gasteiger partial charge in [0, 0.05) is 0 Å². The molecule has 0 radical (unpaired) electrons. The van der Waals surface area contributed by atoms with Gasteiger partial charge in [-0.25, -0.2) is 4.98 Å². The summed E-state index contributed by atoms with van der Waals surface area (Å²) in [4.78, 5) is 6.76. The molecule has 0 saturated heterocycles. The summed E-state index contributed by atoms with van der Waals surface area (Å²) in [5.74, 6) is -3.03. The van der Waals surface area contributed by atoms with Gasteiger partial charge in [0.2, 0.25) is 0 Å². The maximum absolute atomic E-state index is 13.6. The van der Waals surface area contributed by atoms with Crippen molar-refractivity contribution in [2.45, 2.75) is 12.8 Å². The molecule has 1 unspecified atom stereocenters. The fourth-order valence-corrected chi connectivity index (χ4v) is 1.99. The van der Waals surface area contributed by atoms with E-state index in [2.05, 4.69) is 16.5 Å². The summed E-state index contributed by atoms with van der Waals surface area (Å²) in [6.07, 6.45) is 7.87. The zero-order chi connectivity index (χ0) is 13.3. The predicted octanol–water partition coefficient (Wildman–Crippen LogP) is 2.18. The summed E-state index contributed by atoms with van der Waals surface area (Å²) in [7, 11) is 0. The Kier molecular flexibility index (Phi) is 3.26. The number of nitrogens with zero attached hydrogens (tertiary/aromatic N) is 1. The lowest BCUT2D eigenvalue weighted by atomic mass is 10.1. The van der Waals surface area contributed by atoms with E-state index in [-0.39, 0.29) is 10.6 Å². The van der Waals surface area contributed by atoms with Crippen LogP contribution in [0.2, 0.25) is 0 Å². The van der Waals surface area contributed by atoms with Crippen molar-refractivity contribution < 1.29 is 8.78 Å². The van der Waals surface area contributed by atoms with E-state index < -0.39 is 11.6 Å². The van der Waals surface area contributed by atoms with Gasteiger partial charge >= 0.3 is 5.92 Å². The SMILES string of the molecule is C=CC(F)(F)c1nc2c([nH]c1=S)=CC(C)C=CC=2. The van der Waals surface area contributed by atoms with Crippen molar-refractivity contribution in [1.29, 1.82) is 0 Å². The summed E-state index contributed by atoms with van der Waals surface area (Å²) in [6, 6.07) is 0. The number of alkyl halides is 2. The van der Waals surface area contributed by atoms with Crippen LogP contribution in [0.5, 0.6) is 0 Å². The van der Waals surface area contributed by atoms with Crippen molar-refractivity contribution in [3.8, 4) is 0 Å². The maximum atomic E-state index is 13.6. The van der Waals surface area contributed by atoms with E-state index in [9.17, 15) is 8.78 Å². The van der Waals surface area contributed by atoms with Gasteiger partial charge in [-0.3, -0.25) is 0 Å². The average molecular weight is 266 g/mol. The van der Waals surface area contributed by atoms with Crippen LogP contribution in [0.15, 0.2) is 24.8 Å². The second-order valence-corrected chi connectivity index (χ2v) is 4.53. The molecular formula is C13H12F2N2S. The van der Waals surface area contributed by atoms with Crippen LogP contribution in [0.1, 0.15) is 12.6 Å². The fourth-order valence-electron chi connectivity index (χ4n) is 1.69. The molecule has 94 valence electrons. The highest BCUT2D eigenvalue weighted by molar-refractivity contribution is 7.71. The number of halogens is 2. The molecule has 0 amide bonds. The normalized spacial score (nSPS) is 18.3. The number of hydrogen-bond donors (Lipinski definition) is 1. The van der Waals surface area contributed by atoms with E-state index >= 15 is 0 Å². The molecule has 0 spiro atoms. The molecule has 2 nitrogen and oxygen atoms in total. The van der Waals surface area contributed by atoms with Crippen LogP contribution < -0.4 is 10.7 Å². The minimum atomic E-state index is -3.22. The van der Waals surface area contributed by atoms with Gasteiger partial charge in [-0.2, -0.15) is 8.78 Å². The first-order chi connectivity index (χ1) is 8.44. The van der Waals surface area contributed by atoms with Crippen molar-refractivity contribution in [2.24, 2.45) is 5.92 Å². The number of rotatable bonds is 2. The Bertz CT molecular complexity index is 686. The molecule has 1 heterocycles. The van der Waals surface area contributed by atoms with Gasteiger partial charge in [0.25, 0.3) is 0 Å². The third kappa shape index (κ3) is 2.31.